The van der Waals surface area contributed by atoms with Crippen molar-refractivity contribution in [1.82, 2.24) is 0 Å². The van der Waals surface area contributed by atoms with Crippen LogP contribution in [0.15, 0.2) is 18.2 Å². The van der Waals surface area contributed by atoms with Crippen molar-refractivity contribution in [3.05, 3.63) is 28.3 Å². The minimum atomic E-state index is -0.405. The van der Waals surface area contributed by atoms with Gasteiger partial charge in [0.25, 0.3) is 5.69 Å². The van der Waals surface area contributed by atoms with Gasteiger partial charge in [0.1, 0.15) is 5.75 Å². The van der Waals surface area contributed by atoms with Crippen LogP contribution in [0.1, 0.15) is 19.8 Å². The van der Waals surface area contributed by atoms with Gasteiger partial charge in [-0.3, -0.25) is 10.1 Å². The Kier molecular flexibility index (Phi) is 3.69. The monoisotopic (exact) mass is 250 g/mol. The van der Waals surface area contributed by atoms with Gasteiger partial charge >= 0.3 is 0 Å². The van der Waals surface area contributed by atoms with Gasteiger partial charge in [-0.25, -0.2) is 0 Å². The third kappa shape index (κ3) is 3.12. The van der Waals surface area contributed by atoms with Crippen LogP contribution in [0, 0.1) is 22.0 Å². The maximum atomic E-state index is 10.8. The van der Waals surface area contributed by atoms with E-state index in [9.17, 15) is 10.1 Å². The van der Waals surface area contributed by atoms with Gasteiger partial charge in [-0.15, -0.1) is 0 Å². The molecule has 5 nitrogen and oxygen atoms in total. The summed E-state index contributed by atoms with van der Waals surface area (Å²) in [4.78, 5) is 10.4. The highest BCUT2D eigenvalue weighted by atomic mass is 16.6. The van der Waals surface area contributed by atoms with Gasteiger partial charge in [-0.05, 0) is 24.7 Å². The summed E-state index contributed by atoms with van der Waals surface area (Å²) in [5.41, 5.74) is 0.796. The van der Waals surface area contributed by atoms with E-state index >= 15 is 0 Å². The number of nitro benzene ring substituents is 1. The summed E-state index contributed by atoms with van der Waals surface area (Å²) < 4.78 is 5.07. The van der Waals surface area contributed by atoms with E-state index in [1.807, 2.05) is 0 Å². The molecule has 0 spiro atoms. The summed E-state index contributed by atoms with van der Waals surface area (Å²) in [5.74, 6) is 1.93. The van der Waals surface area contributed by atoms with Crippen molar-refractivity contribution in [2.75, 3.05) is 19.0 Å². The smallest absolute Gasteiger partial charge is 0.275 e. The minimum absolute atomic E-state index is 0.0518. The highest BCUT2D eigenvalue weighted by molar-refractivity contribution is 5.56. The molecule has 1 N–H and O–H groups in total. The van der Waals surface area contributed by atoms with Gasteiger partial charge in [0, 0.05) is 24.4 Å². The quantitative estimate of drug-likeness (QED) is 0.622. The van der Waals surface area contributed by atoms with Crippen LogP contribution in [0.3, 0.4) is 0 Å². The van der Waals surface area contributed by atoms with Crippen LogP contribution in [0.4, 0.5) is 11.4 Å². The van der Waals surface area contributed by atoms with E-state index in [0.29, 0.717) is 11.7 Å². The average Bonchev–Trinajstić information content (AvgIpc) is 3.19. The number of nitrogens with one attached hydrogen (secondary N) is 1. The Hall–Kier alpha value is -1.78. The van der Waals surface area contributed by atoms with Crippen molar-refractivity contribution < 1.29 is 9.66 Å². The van der Waals surface area contributed by atoms with E-state index in [2.05, 4.69) is 12.2 Å². The van der Waals surface area contributed by atoms with E-state index < -0.39 is 4.92 Å². The van der Waals surface area contributed by atoms with Crippen LogP contribution < -0.4 is 10.1 Å². The zero-order valence-electron chi connectivity index (χ0n) is 10.7. The third-order valence-corrected chi connectivity index (χ3v) is 3.39. The summed E-state index contributed by atoms with van der Waals surface area (Å²) in [7, 11) is 1.51. The fourth-order valence-corrected chi connectivity index (χ4v) is 2.02. The normalized spacial score (nSPS) is 16.1. The fraction of sp³-hybridized carbons (Fsp3) is 0.538. The standard InChI is InChI=1S/C13H18N2O3/c1-9(10-3-4-10)8-14-11-5-12(15(16)17)7-13(6-11)18-2/h5-7,9-10,14H,3-4,8H2,1-2H3. The Morgan fingerprint density at radius 3 is 2.78 bits per heavy atom. The molecule has 0 amide bonds. The largest absolute Gasteiger partial charge is 0.496 e. The van der Waals surface area contributed by atoms with Crippen LogP contribution in [0.5, 0.6) is 5.75 Å². The van der Waals surface area contributed by atoms with Crippen molar-refractivity contribution in [2.24, 2.45) is 11.8 Å². The van der Waals surface area contributed by atoms with Crippen molar-refractivity contribution in [3.63, 3.8) is 0 Å². The van der Waals surface area contributed by atoms with Gasteiger partial charge < -0.3 is 10.1 Å². The molecule has 0 aromatic heterocycles. The van der Waals surface area contributed by atoms with Gasteiger partial charge in [-0.2, -0.15) is 0 Å². The minimum Gasteiger partial charge on any atom is -0.496 e. The van der Waals surface area contributed by atoms with E-state index in [4.69, 9.17) is 4.74 Å². The Labute approximate surface area is 106 Å². The molecule has 1 fully saturated rings. The second-order valence-electron chi connectivity index (χ2n) is 4.87. The Morgan fingerprint density at radius 2 is 2.22 bits per heavy atom. The molecular formula is C13H18N2O3. The molecule has 0 aliphatic heterocycles. The number of non-ortho nitro benzene ring substituents is 1. The molecule has 1 aromatic rings. The van der Waals surface area contributed by atoms with Crippen LogP contribution in [0.25, 0.3) is 0 Å². The van der Waals surface area contributed by atoms with Crippen LogP contribution >= 0.6 is 0 Å². The molecule has 1 aliphatic carbocycles. The first-order chi connectivity index (χ1) is 8.60. The number of anilines is 1. The summed E-state index contributed by atoms with van der Waals surface area (Å²) in [6.07, 6.45) is 2.61. The topological polar surface area (TPSA) is 64.4 Å². The van der Waals surface area contributed by atoms with Crippen molar-refractivity contribution in [2.45, 2.75) is 19.8 Å². The van der Waals surface area contributed by atoms with E-state index in [1.54, 1.807) is 12.1 Å². The third-order valence-electron chi connectivity index (χ3n) is 3.39. The van der Waals surface area contributed by atoms with Gasteiger partial charge in [0.2, 0.25) is 0 Å². The second-order valence-corrected chi connectivity index (χ2v) is 4.87. The number of rotatable bonds is 6. The molecule has 18 heavy (non-hydrogen) atoms. The maximum Gasteiger partial charge on any atom is 0.275 e. The zero-order chi connectivity index (χ0) is 13.1. The molecule has 1 aliphatic rings. The van der Waals surface area contributed by atoms with Gasteiger partial charge in [-0.1, -0.05) is 6.92 Å². The highest BCUT2D eigenvalue weighted by Gasteiger charge is 2.27. The predicted molar refractivity (Wildman–Crippen MR) is 70.0 cm³/mol. The molecule has 0 saturated heterocycles. The molecule has 2 rings (SSSR count). The SMILES string of the molecule is COc1cc(NCC(C)C2CC2)cc([N+](=O)[O-])c1. The number of benzene rings is 1. The lowest BCUT2D eigenvalue weighted by Crippen LogP contribution is -2.13. The lowest BCUT2D eigenvalue weighted by molar-refractivity contribution is -0.384. The molecular weight excluding hydrogens is 232 g/mol. The van der Waals surface area contributed by atoms with Crippen molar-refractivity contribution in [1.29, 1.82) is 0 Å². The zero-order valence-corrected chi connectivity index (χ0v) is 10.7. The van der Waals surface area contributed by atoms with Crippen molar-refractivity contribution in [3.8, 4) is 5.75 Å². The lowest BCUT2D eigenvalue weighted by atomic mass is 10.1. The van der Waals surface area contributed by atoms with Crippen molar-refractivity contribution >= 4 is 11.4 Å². The molecule has 0 bridgehead atoms. The predicted octanol–water partition coefficient (Wildman–Crippen LogP) is 3.06. The van der Waals surface area contributed by atoms with Crippen LogP contribution in [0.2, 0.25) is 0 Å². The summed E-state index contributed by atoms with van der Waals surface area (Å²) in [5, 5.41) is 14.1. The van der Waals surface area contributed by atoms with Crippen LogP contribution in [-0.4, -0.2) is 18.6 Å². The van der Waals surface area contributed by atoms with Gasteiger partial charge in [0.05, 0.1) is 18.1 Å². The summed E-state index contributed by atoms with van der Waals surface area (Å²) in [6, 6.07) is 4.75. The first-order valence-electron chi connectivity index (χ1n) is 6.17. The van der Waals surface area contributed by atoms with E-state index in [1.165, 1.54) is 26.0 Å². The lowest BCUT2D eigenvalue weighted by Gasteiger charge is -2.13. The Balaban J connectivity index is 2.05. The average molecular weight is 250 g/mol. The molecule has 1 aromatic carbocycles. The number of nitro groups is 1. The fourth-order valence-electron chi connectivity index (χ4n) is 2.02. The van der Waals surface area contributed by atoms with E-state index in [-0.39, 0.29) is 5.69 Å². The van der Waals surface area contributed by atoms with Crippen LogP contribution in [-0.2, 0) is 0 Å². The van der Waals surface area contributed by atoms with E-state index in [0.717, 1.165) is 18.2 Å². The molecule has 98 valence electrons. The molecule has 0 heterocycles. The summed E-state index contributed by atoms with van der Waals surface area (Å²) in [6.45, 7) is 3.05. The molecule has 0 radical (unpaired) electrons. The summed E-state index contributed by atoms with van der Waals surface area (Å²) >= 11 is 0. The second kappa shape index (κ2) is 5.25. The molecule has 1 atom stereocenters. The number of nitrogens with zero attached hydrogens (tertiary/aromatic N) is 1. The molecule has 5 heteroatoms. The number of hydrogen-bond acceptors (Lipinski definition) is 4. The van der Waals surface area contributed by atoms with Gasteiger partial charge in [0.15, 0.2) is 0 Å². The highest BCUT2D eigenvalue weighted by Crippen LogP contribution is 2.36. The molecule has 1 saturated carbocycles. The number of methoxy groups -OCH3 is 1. The molecule has 1 unspecified atom stereocenters. The maximum absolute atomic E-state index is 10.8. The number of hydrogen-bond donors (Lipinski definition) is 1. The number of ether oxygens (including phenoxy) is 1. The Bertz CT molecular complexity index is 444. The first kappa shape index (κ1) is 12.7. The first-order valence-corrected chi connectivity index (χ1v) is 6.17. The Morgan fingerprint density at radius 1 is 1.50 bits per heavy atom.